The maximum atomic E-state index is 13.4. The number of hydrogen-bond acceptors (Lipinski definition) is 4. The second kappa shape index (κ2) is 5.88. The number of carboxylic acid groups (broad SMARTS) is 1. The van der Waals surface area contributed by atoms with Gasteiger partial charge >= 0.3 is 5.97 Å². The lowest BCUT2D eigenvalue weighted by molar-refractivity contribution is -0.385. The number of nitro benzene ring substituents is 1. The summed E-state index contributed by atoms with van der Waals surface area (Å²) in [4.78, 5) is 21.0. The normalized spacial score (nSPS) is 10.2. The molecule has 0 atom stereocenters. The van der Waals surface area contributed by atoms with Crippen LogP contribution in [0.15, 0.2) is 40.9 Å². The Morgan fingerprint density at radius 3 is 2.43 bits per heavy atom. The summed E-state index contributed by atoms with van der Waals surface area (Å²) in [5.41, 5.74) is -0.279. The van der Waals surface area contributed by atoms with Crippen LogP contribution in [-0.4, -0.2) is 16.0 Å². The number of halogens is 2. The van der Waals surface area contributed by atoms with Crippen molar-refractivity contribution in [2.45, 2.75) is 0 Å². The third-order valence-electron chi connectivity index (χ3n) is 2.63. The highest BCUT2D eigenvalue weighted by Gasteiger charge is 2.20. The molecule has 8 heteroatoms. The van der Waals surface area contributed by atoms with E-state index in [9.17, 15) is 19.3 Å². The van der Waals surface area contributed by atoms with Gasteiger partial charge in [-0.1, -0.05) is 0 Å². The van der Waals surface area contributed by atoms with E-state index in [0.717, 1.165) is 12.1 Å². The van der Waals surface area contributed by atoms with Gasteiger partial charge in [-0.15, -0.1) is 0 Å². The molecule has 6 nitrogen and oxygen atoms in total. The summed E-state index contributed by atoms with van der Waals surface area (Å²) in [6, 6.07) is 7.85. The largest absolute Gasteiger partial charge is 0.477 e. The van der Waals surface area contributed by atoms with Crippen molar-refractivity contribution in [1.29, 1.82) is 0 Å². The standard InChI is InChI=1S/C13H8BrFN2O4/c14-10-4-2-7(5-11(10)15)16-8-1-3-9(13(18)19)12(6-8)17(20)21/h1-6,16H,(H,18,19). The molecule has 0 aromatic heterocycles. The summed E-state index contributed by atoms with van der Waals surface area (Å²) in [6.45, 7) is 0. The Kier molecular flexibility index (Phi) is 4.18. The smallest absolute Gasteiger partial charge is 0.342 e. The molecule has 0 unspecified atom stereocenters. The number of carboxylic acids is 1. The monoisotopic (exact) mass is 354 g/mol. The van der Waals surface area contributed by atoms with Crippen molar-refractivity contribution in [3.8, 4) is 0 Å². The van der Waals surface area contributed by atoms with E-state index >= 15 is 0 Å². The highest BCUT2D eigenvalue weighted by Crippen LogP contribution is 2.27. The molecule has 108 valence electrons. The minimum atomic E-state index is -1.39. The summed E-state index contributed by atoms with van der Waals surface area (Å²) < 4.78 is 13.7. The van der Waals surface area contributed by atoms with Gasteiger partial charge in [0.1, 0.15) is 11.4 Å². The summed E-state index contributed by atoms with van der Waals surface area (Å²) in [5.74, 6) is -1.88. The average molecular weight is 355 g/mol. The minimum Gasteiger partial charge on any atom is -0.477 e. The Morgan fingerprint density at radius 2 is 1.86 bits per heavy atom. The predicted molar refractivity (Wildman–Crippen MR) is 77.4 cm³/mol. The molecular formula is C13H8BrFN2O4. The molecule has 0 saturated heterocycles. The maximum Gasteiger partial charge on any atom is 0.342 e. The lowest BCUT2D eigenvalue weighted by Crippen LogP contribution is -2.03. The number of rotatable bonds is 4. The number of carbonyl (C=O) groups is 1. The highest BCUT2D eigenvalue weighted by molar-refractivity contribution is 9.10. The van der Waals surface area contributed by atoms with Crippen molar-refractivity contribution in [1.82, 2.24) is 0 Å². The molecular weight excluding hydrogens is 347 g/mol. The van der Waals surface area contributed by atoms with Gasteiger partial charge < -0.3 is 10.4 Å². The van der Waals surface area contributed by atoms with Crippen LogP contribution in [0, 0.1) is 15.9 Å². The first kappa shape index (κ1) is 14.9. The van der Waals surface area contributed by atoms with E-state index in [4.69, 9.17) is 5.11 Å². The molecule has 2 N–H and O–H groups in total. The van der Waals surface area contributed by atoms with E-state index < -0.39 is 28.0 Å². The van der Waals surface area contributed by atoms with Gasteiger partial charge in [-0.3, -0.25) is 10.1 Å². The van der Waals surface area contributed by atoms with Gasteiger partial charge in [0, 0.05) is 17.4 Å². The fourth-order valence-electron chi connectivity index (χ4n) is 1.68. The molecule has 0 heterocycles. The van der Waals surface area contributed by atoms with Crippen LogP contribution in [0.4, 0.5) is 21.5 Å². The fourth-order valence-corrected chi connectivity index (χ4v) is 1.93. The topological polar surface area (TPSA) is 92.5 Å². The third-order valence-corrected chi connectivity index (χ3v) is 3.28. The van der Waals surface area contributed by atoms with E-state index in [1.165, 1.54) is 18.2 Å². The van der Waals surface area contributed by atoms with Crippen LogP contribution in [0.1, 0.15) is 10.4 Å². The molecule has 0 saturated carbocycles. The quantitative estimate of drug-likeness (QED) is 0.640. The van der Waals surface area contributed by atoms with Gasteiger partial charge in [0.05, 0.1) is 9.40 Å². The van der Waals surface area contributed by atoms with Crippen LogP contribution in [0.2, 0.25) is 0 Å². The van der Waals surface area contributed by atoms with E-state index in [1.807, 2.05) is 0 Å². The van der Waals surface area contributed by atoms with Crippen molar-refractivity contribution >= 4 is 39.0 Å². The van der Waals surface area contributed by atoms with E-state index in [-0.39, 0.29) is 5.69 Å². The second-order valence-corrected chi connectivity index (χ2v) is 4.90. The lowest BCUT2D eigenvalue weighted by atomic mass is 10.1. The van der Waals surface area contributed by atoms with Crippen molar-refractivity contribution in [2.75, 3.05) is 5.32 Å². The SMILES string of the molecule is O=C(O)c1ccc(Nc2ccc(Br)c(F)c2)cc1[N+](=O)[O-]. The summed E-state index contributed by atoms with van der Waals surface area (Å²) in [7, 11) is 0. The van der Waals surface area contributed by atoms with Crippen molar-refractivity contribution in [3.63, 3.8) is 0 Å². The number of nitrogens with one attached hydrogen (secondary N) is 1. The molecule has 2 aromatic carbocycles. The van der Waals surface area contributed by atoms with Crippen LogP contribution < -0.4 is 5.32 Å². The van der Waals surface area contributed by atoms with Crippen LogP contribution >= 0.6 is 15.9 Å². The second-order valence-electron chi connectivity index (χ2n) is 4.05. The summed E-state index contributed by atoms with van der Waals surface area (Å²) in [6.07, 6.45) is 0. The molecule has 0 bridgehead atoms. The van der Waals surface area contributed by atoms with Crippen LogP contribution in [0.3, 0.4) is 0 Å². The molecule has 0 radical (unpaired) electrons. The highest BCUT2D eigenvalue weighted by atomic mass is 79.9. The van der Waals surface area contributed by atoms with Gasteiger partial charge in [-0.25, -0.2) is 9.18 Å². The van der Waals surface area contributed by atoms with Crippen LogP contribution in [0.25, 0.3) is 0 Å². The minimum absolute atomic E-state index is 0.286. The number of hydrogen-bond donors (Lipinski definition) is 2. The molecule has 0 fully saturated rings. The van der Waals surface area contributed by atoms with Crippen molar-refractivity contribution in [2.24, 2.45) is 0 Å². The number of nitro groups is 1. The van der Waals surface area contributed by atoms with Crippen LogP contribution in [-0.2, 0) is 0 Å². The predicted octanol–water partition coefficient (Wildman–Crippen LogP) is 3.94. The van der Waals surface area contributed by atoms with Gasteiger partial charge in [0.25, 0.3) is 5.69 Å². The number of benzene rings is 2. The summed E-state index contributed by atoms with van der Waals surface area (Å²) >= 11 is 3.01. The molecule has 0 aliphatic carbocycles. The van der Waals surface area contributed by atoms with E-state index in [1.54, 1.807) is 6.07 Å². The lowest BCUT2D eigenvalue weighted by Gasteiger charge is -2.08. The number of aromatic carboxylic acids is 1. The molecule has 0 aliphatic heterocycles. The van der Waals surface area contributed by atoms with Crippen LogP contribution in [0.5, 0.6) is 0 Å². The number of anilines is 2. The molecule has 21 heavy (non-hydrogen) atoms. The zero-order chi connectivity index (χ0) is 15.6. The third kappa shape index (κ3) is 3.34. The first-order valence-corrected chi connectivity index (χ1v) is 6.41. The number of nitrogens with zero attached hydrogens (tertiary/aromatic N) is 1. The summed E-state index contributed by atoms with van der Waals surface area (Å²) in [5, 5.41) is 22.5. The Labute approximate surface area is 126 Å². The van der Waals surface area contributed by atoms with Gasteiger partial charge in [-0.2, -0.15) is 0 Å². The zero-order valence-electron chi connectivity index (χ0n) is 10.3. The van der Waals surface area contributed by atoms with Gasteiger partial charge in [-0.05, 0) is 46.3 Å². The Morgan fingerprint density at radius 1 is 1.24 bits per heavy atom. The molecule has 0 spiro atoms. The first-order valence-electron chi connectivity index (χ1n) is 5.62. The Balaban J connectivity index is 2.36. The van der Waals surface area contributed by atoms with E-state index in [2.05, 4.69) is 21.2 Å². The maximum absolute atomic E-state index is 13.4. The Bertz CT molecular complexity index is 736. The molecule has 2 rings (SSSR count). The van der Waals surface area contributed by atoms with Gasteiger partial charge in [0.15, 0.2) is 0 Å². The average Bonchev–Trinajstić information content (AvgIpc) is 2.42. The molecule has 0 aliphatic rings. The zero-order valence-corrected chi connectivity index (χ0v) is 11.9. The van der Waals surface area contributed by atoms with Gasteiger partial charge in [0.2, 0.25) is 0 Å². The van der Waals surface area contributed by atoms with Crippen molar-refractivity contribution in [3.05, 3.63) is 62.4 Å². The molecule has 2 aromatic rings. The first-order chi connectivity index (χ1) is 9.88. The fraction of sp³-hybridized carbons (Fsp3) is 0. The van der Waals surface area contributed by atoms with Crippen molar-refractivity contribution < 1.29 is 19.2 Å². The van der Waals surface area contributed by atoms with E-state index in [0.29, 0.717) is 10.2 Å². The Hall–Kier alpha value is -2.48. The molecule has 0 amide bonds.